The number of piperazine rings is 1. The second-order valence-corrected chi connectivity index (χ2v) is 6.16. The number of amides is 2. The highest BCUT2D eigenvalue weighted by atomic mass is 16.4. The van der Waals surface area contributed by atoms with E-state index in [1.807, 2.05) is 40.1 Å². The number of benzene rings is 1. The number of nitrogens with zero attached hydrogens (tertiary/aromatic N) is 5. The van der Waals surface area contributed by atoms with Crippen LogP contribution in [0.5, 0.6) is 0 Å². The second-order valence-electron chi connectivity index (χ2n) is 6.16. The van der Waals surface area contributed by atoms with Crippen LogP contribution < -0.4 is 4.90 Å². The van der Waals surface area contributed by atoms with Crippen LogP contribution in [0.25, 0.3) is 0 Å². The van der Waals surface area contributed by atoms with Crippen LogP contribution in [0.2, 0.25) is 0 Å². The minimum absolute atomic E-state index is 0.000752. The minimum atomic E-state index is -1.10. The number of aromatic carboxylic acids is 1. The van der Waals surface area contributed by atoms with E-state index < -0.39 is 5.97 Å². The van der Waals surface area contributed by atoms with Gasteiger partial charge in [-0.2, -0.15) is 0 Å². The van der Waals surface area contributed by atoms with E-state index in [9.17, 15) is 9.59 Å². The molecule has 1 saturated heterocycles. The van der Waals surface area contributed by atoms with Crippen molar-refractivity contribution in [3.63, 3.8) is 0 Å². The molecule has 2 amide bonds. The van der Waals surface area contributed by atoms with Crippen LogP contribution >= 0.6 is 0 Å². The molecule has 0 saturated carbocycles. The Kier molecular flexibility index (Phi) is 5.31. The molecule has 1 aliphatic rings. The topological polar surface area (TPSA) is 89.9 Å². The number of carbonyl (C=O) groups is 2. The van der Waals surface area contributed by atoms with Crippen molar-refractivity contribution in [2.24, 2.45) is 0 Å². The van der Waals surface area contributed by atoms with Crippen LogP contribution in [0, 0.1) is 0 Å². The molecule has 1 fully saturated rings. The molecule has 0 radical (unpaired) electrons. The van der Waals surface area contributed by atoms with Gasteiger partial charge in [-0.25, -0.2) is 19.6 Å². The molecule has 1 aliphatic heterocycles. The van der Waals surface area contributed by atoms with Crippen molar-refractivity contribution < 1.29 is 14.7 Å². The Morgan fingerprint density at radius 2 is 1.77 bits per heavy atom. The number of anilines is 1. The average molecular weight is 355 g/mol. The van der Waals surface area contributed by atoms with Gasteiger partial charge in [-0.15, -0.1) is 0 Å². The summed E-state index contributed by atoms with van der Waals surface area (Å²) < 4.78 is 0. The van der Waals surface area contributed by atoms with Crippen LogP contribution in [-0.2, 0) is 6.54 Å². The summed E-state index contributed by atoms with van der Waals surface area (Å²) in [6.45, 7) is 3.00. The molecular formula is C18H21N5O3. The molecule has 8 nitrogen and oxygen atoms in total. The summed E-state index contributed by atoms with van der Waals surface area (Å²) >= 11 is 0. The maximum atomic E-state index is 12.6. The number of hydrogen-bond donors (Lipinski definition) is 1. The number of carboxylic acids is 1. The Labute approximate surface area is 151 Å². The SMILES string of the molecule is CN(Cc1ccccc1)C(=O)N1CCN(c2cnc(C(=O)O)cn2)CC1. The standard InChI is InChI=1S/C18H21N5O3/c1-21(13-14-5-3-2-4-6-14)18(26)23-9-7-22(8-10-23)16-12-19-15(11-20-16)17(24)25/h2-6,11-12H,7-10,13H2,1H3,(H,24,25). The van der Waals surface area contributed by atoms with Crippen LogP contribution in [0.1, 0.15) is 16.1 Å². The molecule has 0 unspecified atom stereocenters. The molecule has 1 aromatic carbocycles. The maximum Gasteiger partial charge on any atom is 0.356 e. The predicted molar refractivity (Wildman–Crippen MR) is 96.1 cm³/mol. The van der Waals surface area contributed by atoms with E-state index in [1.54, 1.807) is 11.9 Å². The molecule has 3 rings (SSSR count). The molecule has 0 atom stereocenters. The molecule has 26 heavy (non-hydrogen) atoms. The number of aromatic nitrogens is 2. The van der Waals surface area contributed by atoms with Crippen molar-refractivity contribution in [2.45, 2.75) is 6.54 Å². The largest absolute Gasteiger partial charge is 0.476 e. The van der Waals surface area contributed by atoms with Gasteiger partial charge in [0.1, 0.15) is 5.82 Å². The first-order valence-electron chi connectivity index (χ1n) is 8.39. The molecule has 8 heteroatoms. The van der Waals surface area contributed by atoms with E-state index >= 15 is 0 Å². The van der Waals surface area contributed by atoms with E-state index in [2.05, 4.69) is 9.97 Å². The number of urea groups is 1. The maximum absolute atomic E-state index is 12.6. The molecule has 2 aromatic rings. The van der Waals surface area contributed by atoms with Crippen molar-refractivity contribution in [1.29, 1.82) is 0 Å². The van der Waals surface area contributed by atoms with Gasteiger partial charge in [-0.1, -0.05) is 30.3 Å². The fourth-order valence-corrected chi connectivity index (χ4v) is 2.89. The van der Waals surface area contributed by atoms with E-state index in [0.29, 0.717) is 38.5 Å². The average Bonchev–Trinajstić information content (AvgIpc) is 2.68. The molecule has 0 aliphatic carbocycles. The molecule has 1 N–H and O–H groups in total. The third-order valence-electron chi connectivity index (χ3n) is 4.32. The number of hydrogen-bond acceptors (Lipinski definition) is 5. The Balaban J connectivity index is 1.54. The van der Waals surface area contributed by atoms with Gasteiger partial charge in [0, 0.05) is 39.8 Å². The molecular weight excluding hydrogens is 334 g/mol. The molecule has 2 heterocycles. The smallest absolute Gasteiger partial charge is 0.356 e. The first-order chi connectivity index (χ1) is 12.5. The highest BCUT2D eigenvalue weighted by Crippen LogP contribution is 2.14. The van der Waals surface area contributed by atoms with Gasteiger partial charge in [-0.3, -0.25) is 0 Å². The lowest BCUT2D eigenvalue weighted by atomic mass is 10.2. The molecule has 0 bridgehead atoms. The zero-order valence-electron chi connectivity index (χ0n) is 14.6. The summed E-state index contributed by atoms with van der Waals surface area (Å²) in [5.74, 6) is -0.472. The van der Waals surface area contributed by atoms with Gasteiger partial charge in [0.2, 0.25) is 0 Å². The highest BCUT2D eigenvalue weighted by Gasteiger charge is 2.24. The highest BCUT2D eigenvalue weighted by molar-refractivity contribution is 5.84. The molecule has 1 aromatic heterocycles. The Morgan fingerprint density at radius 1 is 1.08 bits per heavy atom. The summed E-state index contributed by atoms with van der Waals surface area (Å²) in [6.07, 6.45) is 2.71. The molecule has 0 spiro atoms. The van der Waals surface area contributed by atoms with Crippen molar-refractivity contribution >= 4 is 17.8 Å². The Bertz CT molecular complexity index is 758. The van der Waals surface area contributed by atoms with Crippen molar-refractivity contribution in [3.8, 4) is 0 Å². The van der Waals surface area contributed by atoms with Crippen molar-refractivity contribution in [1.82, 2.24) is 19.8 Å². The normalized spacial score (nSPS) is 14.2. The lowest BCUT2D eigenvalue weighted by Crippen LogP contribution is -2.52. The van der Waals surface area contributed by atoms with Crippen LogP contribution in [-0.4, -0.2) is 70.1 Å². The fourth-order valence-electron chi connectivity index (χ4n) is 2.89. The van der Waals surface area contributed by atoms with Gasteiger partial charge in [0.15, 0.2) is 5.69 Å². The molecule has 136 valence electrons. The number of rotatable bonds is 4. The third kappa shape index (κ3) is 4.08. The Morgan fingerprint density at radius 3 is 2.35 bits per heavy atom. The fraction of sp³-hybridized carbons (Fsp3) is 0.333. The van der Waals surface area contributed by atoms with Crippen LogP contribution in [0.4, 0.5) is 10.6 Å². The zero-order valence-corrected chi connectivity index (χ0v) is 14.6. The summed E-state index contributed by atoms with van der Waals surface area (Å²) in [5, 5.41) is 8.87. The lowest BCUT2D eigenvalue weighted by Gasteiger charge is -2.37. The van der Waals surface area contributed by atoms with Gasteiger partial charge in [0.25, 0.3) is 0 Å². The van der Waals surface area contributed by atoms with E-state index in [1.165, 1.54) is 12.4 Å². The van der Waals surface area contributed by atoms with Crippen LogP contribution in [0.15, 0.2) is 42.7 Å². The van der Waals surface area contributed by atoms with Crippen molar-refractivity contribution in [2.75, 3.05) is 38.1 Å². The summed E-state index contributed by atoms with van der Waals surface area (Å²) in [6, 6.07) is 9.88. The summed E-state index contributed by atoms with van der Waals surface area (Å²) in [4.78, 5) is 37.0. The van der Waals surface area contributed by atoms with E-state index in [4.69, 9.17) is 5.11 Å². The first kappa shape index (κ1) is 17.7. The monoisotopic (exact) mass is 355 g/mol. The van der Waals surface area contributed by atoms with Crippen molar-refractivity contribution in [3.05, 3.63) is 54.0 Å². The third-order valence-corrected chi connectivity index (χ3v) is 4.32. The van der Waals surface area contributed by atoms with Gasteiger partial charge in [-0.05, 0) is 5.56 Å². The summed E-state index contributed by atoms with van der Waals surface area (Å²) in [7, 11) is 1.80. The Hall–Kier alpha value is -3.16. The van der Waals surface area contributed by atoms with Gasteiger partial charge >= 0.3 is 12.0 Å². The van der Waals surface area contributed by atoms with Gasteiger partial charge in [0.05, 0.1) is 12.4 Å². The lowest BCUT2D eigenvalue weighted by molar-refractivity contribution is 0.0690. The quantitative estimate of drug-likeness (QED) is 0.895. The zero-order chi connectivity index (χ0) is 18.5. The first-order valence-corrected chi connectivity index (χ1v) is 8.39. The van der Waals surface area contributed by atoms with E-state index in [0.717, 1.165) is 5.56 Å². The number of carboxylic acid groups (broad SMARTS) is 1. The van der Waals surface area contributed by atoms with Crippen LogP contribution in [0.3, 0.4) is 0 Å². The number of carbonyl (C=O) groups excluding carboxylic acids is 1. The minimum Gasteiger partial charge on any atom is -0.476 e. The predicted octanol–water partition coefficient (Wildman–Crippen LogP) is 1.55. The van der Waals surface area contributed by atoms with E-state index in [-0.39, 0.29) is 11.7 Å². The second kappa shape index (κ2) is 7.81. The summed E-state index contributed by atoms with van der Waals surface area (Å²) in [5.41, 5.74) is 1.01. The van der Waals surface area contributed by atoms with Gasteiger partial charge < -0.3 is 19.8 Å².